The van der Waals surface area contributed by atoms with E-state index in [9.17, 15) is 4.79 Å². The number of aldehydes is 1. The van der Waals surface area contributed by atoms with Crippen LogP contribution in [-0.4, -0.2) is 19.0 Å². The number of hydrogen-bond donors (Lipinski definition) is 0. The molecule has 27 heavy (non-hydrogen) atoms. The average Bonchev–Trinajstić information content (AvgIpc) is 3.29. The lowest BCUT2D eigenvalue weighted by Gasteiger charge is -2.63. The van der Waals surface area contributed by atoms with Gasteiger partial charge in [-0.3, -0.25) is 0 Å². The highest BCUT2D eigenvalue weighted by Crippen LogP contribution is 2.80. The van der Waals surface area contributed by atoms with E-state index in [1.807, 2.05) is 0 Å². The second kappa shape index (κ2) is 6.07. The summed E-state index contributed by atoms with van der Waals surface area (Å²) in [5.74, 6) is 4.35. The van der Waals surface area contributed by atoms with E-state index < -0.39 is 0 Å². The van der Waals surface area contributed by atoms with E-state index in [2.05, 4.69) is 27.7 Å². The van der Waals surface area contributed by atoms with Crippen LogP contribution in [0.15, 0.2) is 0 Å². The van der Waals surface area contributed by atoms with Crippen molar-refractivity contribution in [2.75, 3.05) is 6.61 Å². The highest BCUT2D eigenvalue weighted by atomic mass is 16.5. The predicted octanol–water partition coefficient (Wildman–Crippen LogP) is 5.89. The van der Waals surface area contributed by atoms with Crippen LogP contribution in [0.5, 0.6) is 0 Å². The Kier molecular flexibility index (Phi) is 4.19. The summed E-state index contributed by atoms with van der Waals surface area (Å²) in [6.07, 6.45) is 14.2. The number of ether oxygens (including phenoxy) is 1. The fourth-order valence-corrected chi connectivity index (χ4v) is 9.93. The number of rotatable bonds is 4. The third-order valence-electron chi connectivity index (χ3n) is 11.1. The van der Waals surface area contributed by atoms with Crippen molar-refractivity contribution in [1.29, 1.82) is 0 Å². The summed E-state index contributed by atoms with van der Waals surface area (Å²) in [5.41, 5.74) is 1.41. The Morgan fingerprint density at radius 2 is 1.93 bits per heavy atom. The van der Waals surface area contributed by atoms with Gasteiger partial charge in [0.05, 0.1) is 6.10 Å². The van der Waals surface area contributed by atoms with Crippen molar-refractivity contribution in [1.82, 2.24) is 0 Å². The maximum Gasteiger partial charge on any atom is 0.123 e. The van der Waals surface area contributed by atoms with E-state index in [-0.39, 0.29) is 5.92 Å². The Morgan fingerprint density at radius 1 is 1.11 bits per heavy atom. The molecule has 0 bridgehead atoms. The maximum absolute atomic E-state index is 11.6. The van der Waals surface area contributed by atoms with E-state index in [0.29, 0.717) is 28.3 Å². The van der Waals surface area contributed by atoms with Crippen molar-refractivity contribution in [2.24, 2.45) is 51.8 Å². The van der Waals surface area contributed by atoms with E-state index in [1.54, 1.807) is 0 Å². The first-order chi connectivity index (χ1) is 12.9. The lowest BCUT2D eigenvalue weighted by atomic mass is 9.43. The zero-order chi connectivity index (χ0) is 19.0. The van der Waals surface area contributed by atoms with Gasteiger partial charge in [0.1, 0.15) is 6.29 Å². The summed E-state index contributed by atoms with van der Waals surface area (Å²) in [6.45, 7) is 10.5. The summed E-state index contributed by atoms with van der Waals surface area (Å²) in [5, 5.41) is 0. The van der Waals surface area contributed by atoms with Crippen molar-refractivity contribution in [2.45, 2.75) is 91.6 Å². The van der Waals surface area contributed by atoms with Crippen molar-refractivity contribution < 1.29 is 9.53 Å². The molecule has 5 aliphatic rings. The van der Waals surface area contributed by atoms with Gasteiger partial charge in [0.25, 0.3) is 0 Å². The fourth-order valence-electron chi connectivity index (χ4n) is 9.93. The average molecular weight is 373 g/mol. The molecule has 1 spiro atoms. The standard InChI is InChI=1S/C25H40O2/c1-5-27-22-13-18-20-9-8-19(16(2)15-26)23(20,3)12-10-21(18)24(4)11-6-7-17-14-25(17,22)24/h15-22H,5-14H2,1-4H3/t16-,17-,18+,19-,20?,21?,22-,23-,24-,25+/m1/s1. The van der Waals surface area contributed by atoms with Crippen LogP contribution in [0.1, 0.15) is 85.5 Å². The number of hydrogen-bond acceptors (Lipinski definition) is 2. The molecule has 5 saturated carbocycles. The summed E-state index contributed by atoms with van der Waals surface area (Å²) in [7, 11) is 0. The molecule has 5 rings (SSSR count). The molecule has 5 fully saturated rings. The number of carbonyl (C=O) groups excluding carboxylic acids is 1. The lowest BCUT2D eigenvalue weighted by Crippen LogP contribution is -2.59. The molecule has 0 amide bonds. The minimum atomic E-state index is 0.229. The van der Waals surface area contributed by atoms with E-state index in [4.69, 9.17) is 4.74 Å². The van der Waals surface area contributed by atoms with E-state index in [0.717, 1.165) is 30.3 Å². The van der Waals surface area contributed by atoms with Gasteiger partial charge < -0.3 is 9.53 Å². The Labute approximate surface area is 166 Å². The Morgan fingerprint density at radius 3 is 2.67 bits per heavy atom. The van der Waals surface area contributed by atoms with Crippen LogP contribution in [0.2, 0.25) is 0 Å². The molecule has 5 aliphatic carbocycles. The first-order valence-corrected chi connectivity index (χ1v) is 12.0. The van der Waals surface area contributed by atoms with Crippen molar-refractivity contribution in [3.63, 3.8) is 0 Å². The van der Waals surface area contributed by atoms with Crippen LogP contribution in [0.3, 0.4) is 0 Å². The molecule has 10 atom stereocenters. The Bertz CT molecular complexity index is 615. The Hall–Kier alpha value is -0.370. The highest BCUT2D eigenvalue weighted by molar-refractivity contribution is 5.53. The van der Waals surface area contributed by atoms with Gasteiger partial charge in [0, 0.05) is 17.9 Å². The third-order valence-corrected chi connectivity index (χ3v) is 11.1. The highest BCUT2D eigenvalue weighted by Gasteiger charge is 2.75. The molecule has 0 aromatic carbocycles. The van der Waals surface area contributed by atoms with Crippen LogP contribution in [0.4, 0.5) is 0 Å². The SMILES string of the molecule is CCO[C@@H]1C[C@H]2C3CC[C@H]([C@H](C)C=O)[C@@]3(C)CCC2[C@@]2(C)CCC[C@@H]3C[C@]312. The quantitative estimate of drug-likeness (QED) is 0.576. The molecule has 0 aromatic rings. The monoisotopic (exact) mass is 372 g/mol. The smallest absolute Gasteiger partial charge is 0.123 e. The van der Waals surface area contributed by atoms with Gasteiger partial charge in [0.2, 0.25) is 0 Å². The first-order valence-electron chi connectivity index (χ1n) is 12.0. The van der Waals surface area contributed by atoms with Crippen LogP contribution in [0, 0.1) is 51.8 Å². The zero-order valence-electron chi connectivity index (χ0n) is 18.0. The topological polar surface area (TPSA) is 26.3 Å². The normalized spacial score (nSPS) is 57.0. The van der Waals surface area contributed by atoms with Gasteiger partial charge >= 0.3 is 0 Å². The molecule has 152 valence electrons. The van der Waals surface area contributed by atoms with Crippen LogP contribution in [0.25, 0.3) is 0 Å². The summed E-state index contributed by atoms with van der Waals surface area (Å²) in [6, 6.07) is 0. The van der Waals surface area contributed by atoms with Crippen LogP contribution in [-0.2, 0) is 9.53 Å². The molecule has 0 aromatic heterocycles. The molecule has 0 radical (unpaired) electrons. The molecular weight excluding hydrogens is 332 g/mol. The van der Waals surface area contributed by atoms with E-state index >= 15 is 0 Å². The van der Waals surface area contributed by atoms with Crippen LogP contribution < -0.4 is 0 Å². The van der Waals surface area contributed by atoms with Gasteiger partial charge in [-0.2, -0.15) is 0 Å². The maximum atomic E-state index is 11.6. The van der Waals surface area contributed by atoms with E-state index in [1.165, 1.54) is 64.1 Å². The second-order valence-corrected chi connectivity index (χ2v) is 11.5. The summed E-state index contributed by atoms with van der Waals surface area (Å²) < 4.78 is 6.53. The molecular formula is C25H40O2. The van der Waals surface area contributed by atoms with Gasteiger partial charge in [0.15, 0.2) is 0 Å². The fraction of sp³-hybridized carbons (Fsp3) is 0.960. The molecule has 0 N–H and O–H groups in total. The second-order valence-electron chi connectivity index (χ2n) is 11.5. The molecule has 0 heterocycles. The predicted molar refractivity (Wildman–Crippen MR) is 108 cm³/mol. The molecule has 2 nitrogen and oxygen atoms in total. The van der Waals surface area contributed by atoms with Gasteiger partial charge in [-0.25, -0.2) is 0 Å². The van der Waals surface area contributed by atoms with Gasteiger partial charge in [-0.05, 0) is 98.7 Å². The first kappa shape index (κ1) is 18.6. The molecule has 2 heteroatoms. The van der Waals surface area contributed by atoms with Crippen LogP contribution >= 0.6 is 0 Å². The number of carbonyl (C=O) groups is 1. The largest absolute Gasteiger partial charge is 0.378 e. The van der Waals surface area contributed by atoms with Gasteiger partial charge in [-0.1, -0.05) is 27.2 Å². The lowest BCUT2D eigenvalue weighted by molar-refractivity contribution is -0.187. The minimum Gasteiger partial charge on any atom is -0.378 e. The van der Waals surface area contributed by atoms with Crippen molar-refractivity contribution in [3.8, 4) is 0 Å². The minimum absolute atomic E-state index is 0.229. The van der Waals surface area contributed by atoms with Gasteiger partial charge in [-0.15, -0.1) is 0 Å². The molecule has 0 aliphatic heterocycles. The van der Waals surface area contributed by atoms with Crippen molar-refractivity contribution in [3.05, 3.63) is 0 Å². The summed E-state index contributed by atoms with van der Waals surface area (Å²) in [4.78, 5) is 11.6. The third kappa shape index (κ3) is 2.20. The zero-order valence-corrected chi connectivity index (χ0v) is 18.0. The molecule has 2 unspecified atom stereocenters. The Balaban J connectivity index is 1.50. The summed E-state index contributed by atoms with van der Waals surface area (Å²) >= 11 is 0. The molecule has 0 saturated heterocycles. The number of fused-ring (bicyclic) bond motifs is 4. The van der Waals surface area contributed by atoms with Crippen molar-refractivity contribution >= 4 is 6.29 Å².